The quantitative estimate of drug-likeness (QED) is 0.924. The van der Waals surface area contributed by atoms with E-state index in [4.69, 9.17) is 9.47 Å². The summed E-state index contributed by atoms with van der Waals surface area (Å²) in [4.78, 5) is 26.6. The van der Waals surface area contributed by atoms with Gasteiger partial charge >= 0.3 is 12.3 Å². The Morgan fingerprint density at radius 1 is 1.45 bits per heavy atom. The summed E-state index contributed by atoms with van der Waals surface area (Å²) in [5.74, 6) is -1.22. The number of alkyl carbamates (subject to hydrolysis) is 1. The molecule has 2 rings (SSSR count). The molecule has 1 aliphatic rings. The zero-order valence-corrected chi connectivity index (χ0v) is 11.4. The maximum atomic E-state index is 12.8. The Morgan fingerprint density at radius 3 is 2.86 bits per heavy atom. The van der Waals surface area contributed by atoms with Crippen molar-refractivity contribution in [3.63, 3.8) is 0 Å². The van der Waals surface area contributed by atoms with Gasteiger partial charge in [-0.3, -0.25) is 15.1 Å². The SMILES string of the molecule is O=C(NC(=O)c1cnccc1C(F)(F)F)OCC1CCCO1. The Labute approximate surface area is 123 Å². The normalized spacial score (nSPS) is 18.0. The molecule has 1 aromatic rings. The fourth-order valence-electron chi connectivity index (χ4n) is 1.96. The molecule has 0 bridgehead atoms. The van der Waals surface area contributed by atoms with Crippen LogP contribution in [0.3, 0.4) is 0 Å². The fraction of sp³-hybridized carbons (Fsp3) is 0.462. The largest absolute Gasteiger partial charge is 0.446 e. The molecule has 0 aliphatic carbocycles. The minimum atomic E-state index is -4.72. The molecule has 1 N–H and O–H groups in total. The molecule has 1 saturated heterocycles. The second-order valence-electron chi connectivity index (χ2n) is 4.61. The van der Waals surface area contributed by atoms with Crippen LogP contribution in [-0.2, 0) is 15.7 Å². The number of imide groups is 1. The molecule has 0 spiro atoms. The van der Waals surface area contributed by atoms with Crippen molar-refractivity contribution >= 4 is 12.0 Å². The van der Waals surface area contributed by atoms with E-state index >= 15 is 0 Å². The van der Waals surface area contributed by atoms with Crippen molar-refractivity contribution in [1.29, 1.82) is 0 Å². The topological polar surface area (TPSA) is 77.5 Å². The van der Waals surface area contributed by atoms with Crippen LogP contribution in [0.5, 0.6) is 0 Å². The lowest BCUT2D eigenvalue weighted by Gasteiger charge is -2.13. The average molecular weight is 318 g/mol. The Balaban J connectivity index is 1.95. The molecule has 9 heteroatoms. The van der Waals surface area contributed by atoms with Gasteiger partial charge in [0.15, 0.2) is 0 Å². The summed E-state index contributed by atoms with van der Waals surface area (Å²) < 4.78 is 48.2. The minimum Gasteiger partial charge on any atom is -0.446 e. The minimum absolute atomic E-state index is 0.0573. The highest BCUT2D eigenvalue weighted by atomic mass is 19.4. The van der Waals surface area contributed by atoms with Crippen molar-refractivity contribution in [2.24, 2.45) is 0 Å². The summed E-state index contributed by atoms with van der Waals surface area (Å²) in [5.41, 5.74) is -1.92. The highest BCUT2D eigenvalue weighted by molar-refractivity contribution is 6.03. The van der Waals surface area contributed by atoms with Crippen molar-refractivity contribution in [2.45, 2.75) is 25.1 Å². The van der Waals surface area contributed by atoms with Gasteiger partial charge in [0, 0.05) is 19.0 Å². The van der Waals surface area contributed by atoms with E-state index in [1.807, 2.05) is 0 Å². The highest BCUT2D eigenvalue weighted by Gasteiger charge is 2.35. The second-order valence-corrected chi connectivity index (χ2v) is 4.61. The van der Waals surface area contributed by atoms with Gasteiger partial charge in [-0.25, -0.2) is 4.79 Å². The zero-order chi connectivity index (χ0) is 16.2. The summed E-state index contributed by atoms with van der Waals surface area (Å²) in [6, 6.07) is 0.659. The highest BCUT2D eigenvalue weighted by Crippen LogP contribution is 2.31. The van der Waals surface area contributed by atoms with E-state index in [0.29, 0.717) is 12.7 Å². The van der Waals surface area contributed by atoms with Crippen molar-refractivity contribution in [3.05, 3.63) is 29.6 Å². The van der Waals surface area contributed by atoms with Crippen LogP contribution in [0.2, 0.25) is 0 Å². The molecule has 2 heterocycles. The molecular formula is C13H13F3N2O4. The Morgan fingerprint density at radius 2 is 2.23 bits per heavy atom. The van der Waals surface area contributed by atoms with Crippen molar-refractivity contribution in [2.75, 3.05) is 13.2 Å². The first kappa shape index (κ1) is 16.2. The third-order valence-corrected chi connectivity index (χ3v) is 3.01. The maximum absolute atomic E-state index is 12.8. The lowest BCUT2D eigenvalue weighted by molar-refractivity contribution is -0.138. The van der Waals surface area contributed by atoms with Gasteiger partial charge in [-0.1, -0.05) is 0 Å². The van der Waals surface area contributed by atoms with Gasteiger partial charge in [0.1, 0.15) is 6.61 Å². The van der Waals surface area contributed by atoms with E-state index in [1.165, 1.54) is 0 Å². The van der Waals surface area contributed by atoms with Crippen molar-refractivity contribution in [3.8, 4) is 0 Å². The molecule has 1 atom stereocenters. The van der Waals surface area contributed by atoms with E-state index in [0.717, 1.165) is 25.2 Å². The number of hydrogen-bond acceptors (Lipinski definition) is 5. The van der Waals surface area contributed by atoms with Crippen LogP contribution in [0.25, 0.3) is 0 Å². The third-order valence-electron chi connectivity index (χ3n) is 3.01. The molecule has 1 aromatic heterocycles. The number of carbonyl (C=O) groups is 2. The van der Waals surface area contributed by atoms with Crippen LogP contribution in [-0.4, -0.2) is 36.3 Å². The number of ether oxygens (including phenoxy) is 2. The number of rotatable bonds is 3. The van der Waals surface area contributed by atoms with Gasteiger partial charge in [-0.2, -0.15) is 13.2 Å². The summed E-state index contributed by atoms with van der Waals surface area (Å²) in [6.45, 7) is 0.511. The Hall–Kier alpha value is -2.16. The first-order chi connectivity index (χ1) is 10.4. The van der Waals surface area contributed by atoms with Gasteiger partial charge in [0.05, 0.1) is 17.2 Å². The van der Waals surface area contributed by atoms with Gasteiger partial charge in [-0.15, -0.1) is 0 Å². The lowest BCUT2D eigenvalue weighted by Crippen LogP contribution is -2.34. The summed E-state index contributed by atoms with van der Waals surface area (Å²) in [7, 11) is 0. The molecule has 1 unspecified atom stereocenters. The predicted octanol–water partition coefficient (Wildman–Crippen LogP) is 2.15. The summed E-state index contributed by atoms with van der Waals surface area (Å²) in [5, 5.41) is 1.74. The Bertz CT molecular complexity index is 556. The first-order valence-corrected chi connectivity index (χ1v) is 6.49. The summed E-state index contributed by atoms with van der Waals surface area (Å²) in [6.07, 6.45) is -2.87. The van der Waals surface area contributed by atoms with Crippen LogP contribution in [0.1, 0.15) is 28.8 Å². The van der Waals surface area contributed by atoms with E-state index in [-0.39, 0.29) is 12.7 Å². The average Bonchev–Trinajstić information content (AvgIpc) is 2.97. The second kappa shape index (κ2) is 6.73. The summed E-state index contributed by atoms with van der Waals surface area (Å²) >= 11 is 0. The number of aromatic nitrogens is 1. The number of amides is 2. The fourth-order valence-corrected chi connectivity index (χ4v) is 1.96. The van der Waals surface area contributed by atoms with E-state index in [2.05, 4.69) is 4.98 Å². The maximum Gasteiger partial charge on any atom is 0.417 e. The zero-order valence-electron chi connectivity index (χ0n) is 11.4. The smallest absolute Gasteiger partial charge is 0.417 e. The molecule has 0 aromatic carbocycles. The Kier molecular flexibility index (Phi) is 4.96. The molecule has 6 nitrogen and oxygen atoms in total. The number of carbonyl (C=O) groups excluding carboxylic acids is 2. The molecule has 0 saturated carbocycles. The molecule has 2 amide bonds. The molecule has 120 valence electrons. The van der Waals surface area contributed by atoms with Crippen LogP contribution < -0.4 is 5.32 Å². The van der Waals surface area contributed by atoms with Gasteiger partial charge in [0.2, 0.25) is 0 Å². The van der Waals surface area contributed by atoms with E-state index in [9.17, 15) is 22.8 Å². The standard InChI is InChI=1S/C13H13F3N2O4/c14-13(15,16)10-3-4-17-6-9(10)11(19)18-12(20)22-7-8-2-1-5-21-8/h3-4,6,8H,1-2,5,7H2,(H,18,19,20). The number of nitrogens with one attached hydrogen (secondary N) is 1. The number of halogens is 3. The van der Waals surface area contributed by atoms with Gasteiger partial charge in [0.25, 0.3) is 5.91 Å². The molecule has 22 heavy (non-hydrogen) atoms. The third kappa shape index (κ3) is 4.17. The van der Waals surface area contributed by atoms with Crippen LogP contribution in [0, 0.1) is 0 Å². The van der Waals surface area contributed by atoms with E-state index < -0.39 is 29.3 Å². The van der Waals surface area contributed by atoms with Crippen LogP contribution in [0.4, 0.5) is 18.0 Å². The number of alkyl halides is 3. The van der Waals surface area contributed by atoms with Crippen molar-refractivity contribution < 1.29 is 32.2 Å². The number of pyridine rings is 1. The number of nitrogens with zero attached hydrogens (tertiary/aromatic N) is 1. The van der Waals surface area contributed by atoms with Gasteiger partial charge < -0.3 is 9.47 Å². The molecule has 0 radical (unpaired) electrons. The van der Waals surface area contributed by atoms with Crippen LogP contribution >= 0.6 is 0 Å². The van der Waals surface area contributed by atoms with Crippen LogP contribution in [0.15, 0.2) is 18.5 Å². The predicted molar refractivity (Wildman–Crippen MR) is 67.0 cm³/mol. The molecular weight excluding hydrogens is 305 g/mol. The number of hydrogen-bond donors (Lipinski definition) is 1. The molecule has 1 aliphatic heterocycles. The molecule has 1 fully saturated rings. The van der Waals surface area contributed by atoms with E-state index in [1.54, 1.807) is 5.32 Å². The first-order valence-electron chi connectivity index (χ1n) is 6.49. The van der Waals surface area contributed by atoms with Gasteiger partial charge in [-0.05, 0) is 18.9 Å². The monoisotopic (exact) mass is 318 g/mol. The lowest BCUT2D eigenvalue weighted by atomic mass is 10.1. The van der Waals surface area contributed by atoms with Crippen molar-refractivity contribution in [1.82, 2.24) is 10.3 Å².